The molecule has 1 N–H and O–H groups in total. The van der Waals surface area contributed by atoms with E-state index in [-0.39, 0.29) is 12.3 Å². The zero-order valence-corrected chi connectivity index (χ0v) is 11.7. The Bertz CT molecular complexity index is 578. The van der Waals surface area contributed by atoms with Gasteiger partial charge in [-0.3, -0.25) is 4.79 Å². The number of carbonyl (C=O) groups is 1. The van der Waals surface area contributed by atoms with Gasteiger partial charge in [0, 0.05) is 12.6 Å². The van der Waals surface area contributed by atoms with Gasteiger partial charge in [-0.05, 0) is 25.0 Å². The van der Waals surface area contributed by atoms with Crippen LogP contribution in [-0.4, -0.2) is 24.7 Å². The second-order valence-electron chi connectivity index (χ2n) is 4.52. The number of amides is 1. The van der Waals surface area contributed by atoms with E-state index in [1.54, 1.807) is 20.1 Å². The van der Waals surface area contributed by atoms with Crippen molar-refractivity contribution >= 4 is 5.91 Å². The van der Waals surface area contributed by atoms with E-state index in [9.17, 15) is 4.79 Å². The molecule has 0 fully saturated rings. The van der Waals surface area contributed by atoms with E-state index in [4.69, 9.17) is 9.26 Å². The predicted molar refractivity (Wildman–Crippen MR) is 74.7 cm³/mol. The van der Waals surface area contributed by atoms with Gasteiger partial charge in [-0.15, -0.1) is 0 Å². The van der Waals surface area contributed by atoms with Crippen LogP contribution in [0.15, 0.2) is 34.9 Å². The molecule has 0 saturated heterocycles. The normalized spacial score (nSPS) is 10.3. The Morgan fingerprint density at radius 2 is 2.20 bits per heavy atom. The summed E-state index contributed by atoms with van der Waals surface area (Å²) in [7, 11) is 1.64. The van der Waals surface area contributed by atoms with Crippen molar-refractivity contribution in [2.45, 2.75) is 19.8 Å². The highest BCUT2D eigenvalue weighted by Crippen LogP contribution is 2.17. The summed E-state index contributed by atoms with van der Waals surface area (Å²) in [4.78, 5) is 11.7. The van der Waals surface area contributed by atoms with E-state index in [1.165, 1.54) is 0 Å². The minimum Gasteiger partial charge on any atom is -0.496 e. The van der Waals surface area contributed by atoms with Gasteiger partial charge in [-0.25, -0.2) is 0 Å². The number of benzene rings is 1. The minimum absolute atomic E-state index is 0.0619. The van der Waals surface area contributed by atoms with Gasteiger partial charge >= 0.3 is 0 Å². The molecule has 0 unspecified atom stereocenters. The third-order valence-corrected chi connectivity index (χ3v) is 2.93. The Labute approximate surface area is 117 Å². The summed E-state index contributed by atoms with van der Waals surface area (Å²) < 4.78 is 10.2. The second-order valence-corrected chi connectivity index (χ2v) is 4.52. The molecule has 106 valence electrons. The van der Waals surface area contributed by atoms with Crippen molar-refractivity contribution in [3.05, 3.63) is 47.3 Å². The van der Waals surface area contributed by atoms with Crippen LogP contribution < -0.4 is 10.1 Å². The average Bonchev–Trinajstić information content (AvgIpc) is 2.84. The maximum absolute atomic E-state index is 11.7. The Balaban J connectivity index is 1.79. The first-order chi connectivity index (χ1) is 9.69. The quantitative estimate of drug-likeness (QED) is 0.873. The number of carbonyl (C=O) groups excluding carboxylic acids is 1. The number of nitrogens with zero attached hydrogens (tertiary/aromatic N) is 1. The van der Waals surface area contributed by atoms with Gasteiger partial charge in [0.25, 0.3) is 0 Å². The van der Waals surface area contributed by atoms with E-state index >= 15 is 0 Å². The van der Waals surface area contributed by atoms with Crippen LogP contribution in [0, 0.1) is 6.92 Å². The molecule has 0 bridgehead atoms. The molecule has 0 aliphatic carbocycles. The van der Waals surface area contributed by atoms with E-state index in [0.717, 1.165) is 17.7 Å². The molecule has 0 aliphatic heterocycles. The molecule has 0 saturated carbocycles. The van der Waals surface area contributed by atoms with Crippen molar-refractivity contribution in [3.63, 3.8) is 0 Å². The van der Waals surface area contributed by atoms with Crippen molar-refractivity contribution in [2.24, 2.45) is 0 Å². The van der Waals surface area contributed by atoms with Crippen molar-refractivity contribution in [3.8, 4) is 5.75 Å². The lowest BCUT2D eigenvalue weighted by atomic mass is 10.1. The highest BCUT2D eigenvalue weighted by Gasteiger charge is 2.08. The smallest absolute Gasteiger partial charge is 0.226 e. The van der Waals surface area contributed by atoms with Gasteiger partial charge in [-0.2, -0.15) is 0 Å². The minimum atomic E-state index is -0.0619. The molecule has 0 atom stereocenters. The van der Waals surface area contributed by atoms with Gasteiger partial charge in [0.15, 0.2) is 0 Å². The molecule has 0 radical (unpaired) electrons. The third kappa shape index (κ3) is 3.85. The van der Waals surface area contributed by atoms with Crippen LogP contribution in [0.2, 0.25) is 0 Å². The number of ether oxygens (including phenoxy) is 1. The Hall–Kier alpha value is -2.30. The van der Waals surface area contributed by atoms with Crippen LogP contribution in [0.25, 0.3) is 0 Å². The summed E-state index contributed by atoms with van der Waals surface area (Å²) >= 11 is 0. The monoisotopic (exact) mass is 274 g/mol. The molecule has 5 heteroatoms. The number of aromatic nitrogens is 1. The molecule has 2 rings (SSSR count). The fourth-order valence-corrected chi connectivity index (χ4v) is 1.97. The number of aryl methyl sites for hydroxylation is 1. The van der Waals surface area contributed by atoms with Crippen LogP contribution >= 0.6 is 0 Å². The Kier molecular flexibility index (Phi) is 4.76. The van der Waals surface area contributed by atoms with Crippen LogP contribution in [0.5, 0.6) is 5.75 Å². The van der Waals surface area contributed by atoms with Crippen molar-refractivity contribution in [1.29, 1.82) is 0 Å². The van der Waals surface area contributed by atoms with E-state index in [1.807, 2.05) is 24.3 Å². The first-order valence-electron chi connectivity index (χ1n) is 6.50. The van der Waals surface area contributed by atoms with Crippen LogP contribution in [-0.2, 0) is 17.6 Å². The molecule has 0 spiro atoms. The molecule has 1 aromatic carbocycles. The highest BCUT2D eigenvalue weighted by molar-refractivity contribution is 5.78. The molecule has 1 aromatic heterocycles. The molecule has 20 heavy (non-hydrogen) atoms. The van der Waals surface area contributed by atoms with Crippen molar-refractivity contribution in [1.82, 2.24) is 10.5 Å². The first-order valence-corrected chi connectivity index (χ1v) is 6.50. The fraction of sp³-hybridized carbons (Fsp3) is 0.333. The maximum Gasteiger partial charge on any atom is 0.226 e. The highest BCUT2D eigenvalue weighted by atomic mass is 16.5. The zero-order chi connectivity index (χ0) is 14.4. The number of hydrogen-bond acceptors (Lipinski definition) is 4. The summed E-state index contributed by atoms with van der Waals surface area (Å²) in [6, 6.07) is 9.55. The summed E-state index contributed by atoms with van der Waals surface area (Å²) in [6.45, 7) is 2.37. The lowest BCUT2D eigenvalue weighted by Gasteiger charge is -2.08. The molecule has 0 aliphatic rings. The van der Waals surface area contributed by atoms with Gasteiger partial charge in [0.05, 0.1) is 19.2 Å². The largest absolute Gasteiger partial charge is 0.496 e. The average molecular weight is 274 g/mol. The van der Waals surface area contributed by atoms with Gasteiger partial charge in [0.1, 0.15) is 11.5 Å². The standard InChI is InChI=1S/C15H18N2O3/c1-11-9-13(17-20-11)10-15(18)16-8-7-12-5-3-4-6-14(12)19-2/h3-6,9H,7-8,10H2,1-2H3,(H,16,18). The fourth-order valence-electron chi connectivity index (χ4n) is 1.97. The topological polar surface area (TPSA) is 64.4 Å². The number of hydrogen-bond donors (Lipinski definition) is 1. The van der Waals surface area contributed by atoms with Gasteiger partial charge in [0.2, 0.25) is 5.91 Å². The number of rotatable bonds is 6. The number of nitrogens with one attached hydrogen (secondary N) is 1. The van der Waals surface area contributed by atoms with Gasteiger partial charge in [-0.1, -0.05) is 23.4 Å². The predicted octanol–water partition coefficient (Wildman–Crippen LogP) is 1.89. The molecule has 1 amide bonds. The summed E-state index contributed by atoms with van der Waals surface area (Å²) in [5.74, 6) is 1.49. The second kappa shape index (κ2) is 6.75. The molecule has 2 aromatic rings. The van der Waals surface area contributed by atoms with Crippen molar-refractivity contribution in [2.75, 3.05) is 13.7 Å². The molecule has 5 nitrogen and oxygen atoms in total. The summed E-state index contributed by atoms with van der Waals surface area (Å²) in [5, 5.41) is 6.66. The van der Waals surface area contributed by atoms with E-state index < -0.39 is 0 Å². The number of methoxy groups -OCH3 is 1. The lowest BCUT2D eigenvalue weighted by molar-refractivity contribution is -0.120. The summed E-state index contributed by atoms with van der Waals surface area (Å²) in [6.07, 6.45) is 0.969. The van der Waals surface area contributed by atoms with E-state index in [2.05, 4.69) is 10.5 Å². The maximum atomic E-state index is 11.7. The van der Waals surface area contributed by atoms with Crippen LogP contribution in [0.1, 0.15) is 17.0 Å². The first kappa shape index (κ1) is 14.1. The van der Waals surface area contributed by atoms with Crippen molar-refractivity contribution < 1.29 is 14.1 Å². The van der Waals surface area contributed by atoms with Crippen LogP contribution in [0.3, 0.4) is 0 Å². The molecule has 1 heterocycles. The lowest BCUT2D eigenvalue weighted by Crippen LogP contribution is -2.27. The summed E-state index contributed by atoms with van der Waals surface area (Å²) in [5.41, 5.74) is 1.73. The third-order valence-electron chi connectivity index (χ3n) is 2.93. The van der Waals surface area contributed by atoms with Gasteiger partial charge < -0.3 is 14.6 Å². The molecular formula is C15H18N2O3. The Morgan fingerprint density at radius 1 is 1.40 bits per heavy atom. The zero-order valence-electron chi connectivity index (χ0n) is 11.7. The van der Waals surface area contributed by atoms with E-state index in [0.29, 0.717) is 18.0 Å². The molecular weight excluding hydrogens is 256 g/mol. The van der Waals surface area contributed by atoms with Crippen LogP contribution in [0.4, 0.5) is 0 Å². The SMILES string of the molecule is COc1ccccc1CCNC(=O)Cc1cc(C)on1. The Morgan fingerprint density at radius 3 is 2.90 bits per heavy atom. The number of para-hydroxylation sites is 1.